The molecule has 31 heavy (non-hydrogen) atoms. The van der Waals surface area contributed by atoms with E-state index in [0.29, 0.717) is 17.2 Å². The summed E-state index contributed by atoms with van der Waals surface area (Å²) in [6, 6.07) is 7.48. The Morgan fingerprint density at radius 1 is 1.26 bits per heavy atom. The maximum Gasteiger partial charge on any atom is 0.275 e. The van der Waals surface area contributed by atoms with E-state index in [1.807, 2.05) is 39.8 Å². The first-order chi connectivity index (χ1) is 14.7. The third kappa shape index (κ3) is 5.21. The third-order valence-corrected chi connectivity index (χ3v) is 5.14. The summed E-state index contributed by atoms with van der Waals surface area (Å²) in [6.45, 7) is 7.68. The number of anilines is 1. The lowest BCUT2D eigenvalue weighted by molar-refractivity contribution is -0.384. The molecule has 3 aromatic rings. The Bertz CT molecular complexity index is 1140. The number of hydrogen-bond donors (Lipinski definition) is 1. The number of hydrogen-bond acceptors (Lipinski definition) is 5. The number of aromatic nitrogens is 2. The quantitative estimate of drug-likeness (QED) is 0.371. The largest absolute Gasteiger partial charge is 0.457 e. The molecule has 1 aromatic heterocycles. The fraction of sp³-hybridized carbons (Fsp3) is 0.273. The fourth-order valence-corrected chi connectivity index (χ4v) is 3.40. The van der Waals surface area contributed by atoms with E-state index >= 15 is 0 Å². The minimum Gasteiger partial charge on any atom is -0.457 e. The topological polar surface area (TPSA) is 99.3 Å². The summed E-state index contributed by atoms with van der Waals surface area (Å²) in [6.07, 6.45) is 3.47. The Labute approximate surface area is 184 Å². The predicted molar refractivity (Wildman–Crippen MR) is 119 cm³/mol. The number of non-ortho nitro benzene ring substituents is 1. The van der Waals surface area contributed by atoms with Crippen molar-refractivity contribution in [3.05, 3.63) is 74.6 Å². The zero-order chi connectivity index (χ0) is 22.7. The monoisotopic (exact) mass is 442 g/mol. The van der Waals surface area contributed by atoms with Crippen molar-refractivity contribution in [2.45, 2.75) is 40.2 Å². The number of nitrogens with zero attached hydrogens (tertiary/aromatic N) is 3. The van der Waals surface area contributed by atoms with E-state index in [4.69, 9.17) is 16.3 Å². The van der Waals surface area contributed by atoms with E-state index in [9.17, 15) is 14.9 Å². The van der Waals surface area contributed by atoms with Gasteiger partial charge in [0, 0.05) is 18.3 Å². The van der Waals surface area contributed by atoms with E-state index in [1.54, 1.807) is 12.3 Å². The van der Waals surface area contributed by atoms with E-state index in [-0.39, 0.29) is 23.0 Å². The second kappa shape index (κ2) is 9.18. The van der Waals surface area contributed by atoms with Crippen LogP contribution in [0, 0.1) is 30.9 Å². The molecule has 0 spiro atoms. The van der Waals surface area contributed by atoms with Gasteiger partial charge in [-0.3, -0.25) is 19.6 Å². The van der Waals surface area contributed by atoms with Crippen molar-refractivity contribution < 1.29 is 14.5 Å². The van der Waals surface area contributed by atoms with Crippen molar-refractivity contribution in [1.29, 1.82) is 0 Å². The van der Waals surface area contributed by atoms with Gasteiger partial charge in [-0.15, -0.1) is 0 Å². The number of carbonyl (C=O) groups excluding carboxylic acids is 1. The Morgan fingerprint density at radius 3 is 2.61 bits per heavy atom. The number of nitro groups is 1. The van der Waals surface area contributed by atoms with Gasteiger partial charge < -0.3 is 10.1 Å². The van der Waals surface area contributed by atoms with Crippen LogP contribution in [0.3, 0.4) is 0 Å². The molecule has 1 unspecified atom stereocenters. The fourth-order valence-electron chi connectivity index (χ4n) is 3.26. The Hall–Kier alpha value is -3.39. The summed E-state index contributed by atoms with van der Waals surface area (Å²) in [7, 11) is 0. The van der Waals surface area contributed by atoms with E-state index in [0.717, 1.165) is 16.7 Å². The average molecular weight is 443 g/mol. The molecule has 0 radical (unpaired) electrons. The van der Waals surface area contributed by atoms with Crippen molar-refractivity contribution >= 4 is 28.9 Å². The Morgan fingerprint density at radius 2 is 2.00 bits per heavy atom. The summed E-state index contributed by atoms with van der Waals surface area (Å²) in [4.78, 5) is 23.7. The summed E-state index contributed by atoms with van der Waals surface area (Å²) in [5.74, 6) is 0.497. The standard InChI is InChI=1S/C22H23ClN4O4/c1-5-20(26-12-16(23)11-24-26)22(28)25-17-8-18(27(29)30)10-19(9-17)31-21-7-13(2)6-14(3)15(21)4/h6-12,20H,5H2,1-4H3,(H,25,28). The average Bonchev–Trinajstić information content (AvgIpc) is 3.12. The summed E-state index contributed by atoms with van der Waals surface area (Å²) in [5, 5.41) is 18.7. The predicted octanol–water partition coefficient (Wildman–Crippen LogP) is 5.75. The van der Waals surface area contributed by atoms with Gasteiger partial charge in [-0.05, 0) is 49.9 Å². The van der Waals surface area contributed by atoms with Crippen molar-refractivity contribution in [2.24, 2.45) is 0 Å². The molecule has 3 rings (SSSR count). The van der Waals surface area contributed by atoms with Gasteiger partial charge in [0.05, 0.1) is 27.9 Å². The summed E-state index contributed by atoms with van der Waals surface area (Å²) < 4.78 is 7.43. The number of nitrogens with one attached hydrogen (secondary N) is 1. The molecule has 0 saturated heterocycles. The van der Waals surface area contributed by atoms with Crippen LogP contribution in [0.1, 0.15) is 36.1 Å². The first kappa shape index (κ1) is 22.3. The molecule has 0 saturated carbocycles. The van der Waals surface area contributed by atoms with E-state index < -0.39 is 11.0 Å². The van der Waals surface area contributed by atoms with Gasteiger partial charge in [-0.25, -0.2) is 0 Å². The summed E-state index contributed by atoms with van der Waals surface area (Å²) >= 11 is 5.91. The van der Waals surface area contributed by atoms with Gasteiger partial charge in [0.1, 0.15) is 17.5 Å². The highest BCUT2D eigenvalue weighted by Crippen LogP contribution is 2.33. The first-order valence-electron chi connectivity index (χ1n) is 9.73. The number of ether oxygens (including phenoxy) is 1. The molecule has 1 atom stereocenters. The number of benzene rings is 2. The van der Waals surface area contributed by atoms with Crippen LogP contribution >= 0.6 is 11.6 Å². The highest BCUT2D eigenvalue weighted by molar-refractivity contribution is 6.30. The number of carbonyl (C=O) groups is 1. The van der Waals surface area contributed by atoms with Crippen LogP contribution in [0.4, 0.5) is 11.4 Å². The van der Waals surface area contributed by atoms with Crippen molar-refractivity contribution in [3.8, 4) is 11.5 Å². The molecule has 2 aromatic carbocycles. The smallest absolute Gasteiger partial charge is 0.275 e. The number of rotatable bonds is 7. The normalized spacial score (nSPS) is 11.8. The Balaban J connectivity index is 1.91. The number of amides is 1. The minimum absolute atomic E-state index is 0.190. The molecular formula is C22H23ClN4O4. The van der Waals surface area contributed by atoms with Crippen LogP contribution in [0.25, 0.3) is 0 Å². The zero-order valence-corrected chi connectivity index (χ0v) is 18.4. The van der Waals surface area contributed by atoms with E-state index in [2.05, 4.69) is 10.4 Å². The molecule has 9 heteroatoms. The SMILES string of the molecule is CCC(C(=O)Nc1cc(Oc2cc(C)cc(C)c2C)cc([N+](=O)[O-])c1)n1cc(Cl)cn1. The van der Waals surface area contributed by atoms with Crippen molar-refractivity contribution in [1.82, 2.24) is 9.78 Å². The van der Waals surface area contributed by atoms with Crippen LogP contribution in [-0.4, -0.2) is 20.6 Å². The lowest BCUT2D eigenvalue weighted by Gasteiger charge is -2.16. The maximum absolute atomic E-state index is 12.8. The highest BCUT2D eigenvalue weighted by Gasteiger charge is 2.21. The van der Waals surface area contributed by atoms with Crippen LogP contribution in [0.5, 0.6) is 11.5 Å². The Kier molecular flexibility index (Phi) is 6.60. The van der Waals surface area contributed by atoms with Gasteiger partial charge in [-0.2, -0.15) is 5.10 Å². The van der Waals surface area contributed by atoms with Gasteiger partial charge in [0.2, 0.25) is 5.91 Å². The van der Waals surface area contributed by atoms with Crippen molar-refractivity contribution in [3.63, 3.8) is 0 Å². The first-order valence-corrected chi connectivity index (χ1v) is 10.1. The van der Waals surface area contributed by atoms with E-state index in [1.165, 1.54) is 23.0 Å². The lowest BCUT2D eigenvalue weighted by atomic mass is 10.1. The van der Waals surface area contributed by atoms with Gasteiger partial charge in [-0.1, -0.05) is 24.6 Å². The van der Waals surface area contributed by atoms with Crippen LogP contribution in [0.2, 0.25) is 5.02 Å². The second-order valence-electron chi connectivity index (χ2n) is 7.33. The van der Waals surface area contributed by atoms with Crippen LogP contribution in [0.15, 0.2) is 42.7 Å². The van der Waals surface area contributed by atoms with Gasteiger partial charge in [0.15, 0.2) is 0 Å². The highest BCUT2D eigenvalue weighted by atomic mass is 35.5. The van der Waals surface area contributed by atoms with Gasteiger partial charge in [0.25, 0.3) is 5.69 Å². The number of halogens is 1. The third-order valence-electron chi connectivity index (χ3n) is 4.94. The van der Waals surface area contributed by atoms with Crippen LogP contribution in [-0.2, 0) is 4.79 Å². The molecule has 0 bridgehead atoms. The molecule has 0 aliphatic heterocycles. The van der Waals surface area contributed by atoms with Gasteiger partial charge >= 0.3 is 0 Å². The minimum atomic E-state index is -0.613. The molecule has 1 heterocycles. The second-order valence-corrected chi connectivity index (χ2v) is 7.77. The number of aryl methyl sites for hydroxylation is 2. The molecule has 8 nitrogen and oxygen atoms in total. The molecule has 162 valence electrons. The molecule has 0 aliphatic rings. The zero-order valence-electron chi connectivity index (χ0n) is 17.7. The lowest BCUT2D eigenvalue weighted by Crippen LogP contribution is -2.26. The maximum atomic E-state index is 12.8. The number of nitro benzene ring substituents is 1. The molecular weight excluding hydrogens is 420 g/mol. The van der Waals surface area contributed by atoms with Crippen LogP contribution < -0.4 is 10.1 Å². The summed E-state index contributed by atoms with van der Waals surface area (Å²) in [5.41, 5.74) is 3.07. The molecule has 0 aliphatic carbocycles. The molecule has 1 N–H and O–H groups in total. The molecule has 0 fully saturated rings. The molecule has 1 amide bonds. The van der Waals surface area contributed by atoms with Crippen molar-refractivity contribution in [2.75, 3.05) is 5.32 Å².